The Morgan fingerprint density at radius 1 is 1.44 bits per heavy atom. The number of halogens is 2. The highest BCUT2D eigenvalue weighted by molar-refractivity contribution is 9.10. The minimum absolute atomic E-state index is 0.180. The smallest absolute Gasteiger partial charge is 0.124 e. The Bertz CT molecular complexity index is 363. The van der Waals surface area contributed by atoms with Crippen LogP contribution in [0.3, 0.4) is 0 Å². The highest BCUT2D eigenvalue weighted by Gasteiger charge is 2.23. The van der Waals surface area contributed by atoms with Crippen LogP contribution in [0.15, 0.2) is 22.7 Å². The Hall–Kier alpha value is -0.410. The molecule has 0 bridgehead atoms. The average molecular weight is 286 g/mol. The lowest BCUT2D eigenvalue weighted by atomic mass is 10.2. The van der Waals surface area contributed by atoms with E-state index in [-0.39, 0.29) is 5.82 Å². The number of rotatable bonds is 5. The van der Waals surface area contributed by atoms with E-state index in [0.29, 0.717) is 0 Å². The molecule has 1 nitrogen and oxygen atoms in total. The fraction of sp³-hybridized carbons (Fsp3) is 0.538. The molecule has 0 amide bonds. The maximum atomic E-state index is 12.9. The topological polar surface area (TPSA) is 3.24 Å². The summed E-state index contributed by atoms with van der Waals surface area (Å²) < 4.78 is 13.8. The molecular formula is C13H17BrFN. The summed E-state index contributed by atoms with van der Waals surface area (Å²) in [4.78, 5) is 2.43. The zero-order valence-electron chi connectivity index (χ0n) is 9.55. The minimum atomic E-state index is -0.180. The third kappa shape index (κ3) is 3.29. The van der Waals surface area contributed by atoms with Crippen LogP contribution >= 0.6 is 15.9 Å². The molecule has 0 unspecified atom stereocenters. The molecule has 0 radical (unpaired) electrons. The molecule has 2 rings (SSSR count). The Balaban J connectivity index is 1.99. The number of hydrogen-bond acceptors (Lipinski definition) is 1. The van der Waals surface area contributed by atoms with Gasteiger partial charge in [-0.2, -0.15) is 0 Å². The van der Waals surface area contributed by atoms with Gasteiger partial charge in [0, 0.05) is 17.6 Å². The van der Waals surface area contributed by atoms with Crippen LogP contribution < -0.4 is 0 Å². The van der Waals surface area contributed by atoms with E-state index in [1.54, 1.807) is 6.07 Å². The average Bonchev–Trinajstić information content (AvgIpc) is 3.04. The van der Waals surface area contributed by atoms with Gasteiger partial charge in [-0.1, -0.05) is 28.9 Å². The van der Waals surface area contributed by atoms with E-state index < -0.39 is 0 Å². The quantitative estimate of drug-likeness (QED) is 0.795. The fourth-order valence-electron chi connectivity index (χ4n) is 1.86. The van der Waals surface area contributed by atoms with Crippen molar-refractivity contribution in [1.29, 1.82) is 0 Å². The highest BCUT2D eigenvalue weighted by Crippen LogP contribution is 2.30. The lowest BCUT2D eigenvalue weighted by Crippen LogP contribution is -2.25. The molecule has 1 aliphatic carbocycles. The van der Waals surface area contributed by atoms with Crippen LogP contribution in [0.5, 0.6) is 0 Å². The Morgan fingerprint density at radius 2 is 2.19 bits per heavy atom. The molecule has 16 heavy (non-hydrogen) atoms. The molecule has 0 heterocycles. The summed E-state index contributed by atoms with van der Waals surface area (Å²) in [6, 6.07) is 4.94. The maximum absolute atomic E-state index is 12.9. The first-order valence-electron chi connectivity index (χ1n) is 5.85. The van der Waals surface area contributed by atoms with Gasteiger partial charge in [-0.15, -0.1) is 0 Å². The van der Waals surface area contributed by atoms with Gasteiger partial charge in [0.1, 0.15) is 5.82 Å². The van der Waals surface area contributed by atoms with Crippen molar-refractivity contribution in [3.63, 3.8) is 0 Å². The number of benzene rings is 1. The Kier molecular flexibility index (Phi) is 3.98. The zero-order chi connectivity index (χ0) is 11.5. The summed E-state index contributed by atoms with van der Waals surface area (Å²) in [6.45, 7) is 5.33. The van der Waals surface area contributed by atoms with Crippen molar-refractivity contribution in [2.75, 3.05) is 13.1 Å². The summed E-state index contributed by atoms with van der Waals surface area (Å²) in [6.07, 6.45) is 2.75. The predicted molar refractivity (Wildman–Crippen MR) is 67.8 cm³/mol. The van der Waals surface area contributed by atoms with Crippen LogP contribution in [0.2, 0.25) is 0 Å². The van der Waals surface area contributed by atoms with Crippen molar-refractivity contribution in [2.45, 2.75) is 26.3 Å². The van der Waals surface area contributed by atoms with Crippen molar-refractivity contribution in [1.82, 2.24) is 4.90 Å². The van der Waals surface area contributed by atoms with Crippen molar-refractivity contribution >= 4 is 15.9 Å². The molecule has 1 aromatic carbocycles. The highest BCUT2D eigenvalue weighted by atomic mass is 79.9. The fourth-order valence-corrected chi connectivity index (χ4v) is 2.34. The molecule has 1 aromatic rings. The van der Waals surface area contributed by atoms with E-state index in [2.05, 4.69) is 27.8 Å². The molecule has 1 fully saturated rings. The minimum Gasteiger partial charge on any atom is -0.299 e. The first-order chi connectivity index (χ1) is 7.69. The van der Waals surface area contributed by atoms with Gasteiger partial charge in [0.05, 0.1) is 0 Å². The number of nitrogens with zero attached hydrogens (tertiary/aromatic N) is 1. The van der Waals surface area contributed by atoms with Gasteiger partial charge < -0.3 is 0 Å². The summed E-state index contributed by atoms with van der Waals surface area (Å²) in [7, 11) is 0. The van der Waals surface area contributed by atoms with Crippen LogP contribution in [0, 0.1) is 11.7 Å². The number of hydrogen-bond donors (Lipinski definition) is 0. The van der Waals surface area contributed by atoms with E-state index in [0.717, 1.165) is 23.5 Å². The first kappa shape index (κ1) is 12.1. The van der Waals surface area contributed by atoms with Crippen LogP contribution in [-0.2, 0) is 6.54 Å². The van der Waals surface area contributed by atoms with E-state index >= 15 is 0 Å². The lowest BCUT2D eigenvalue weighted by Gasteiger charge is -2.20. The van der Waals surface area contributed by atoms with Crippen LogP contribution in [0.1, 0.15) is 25.3 Å². The summed E-state index contributed by atoms with van der Waals surface area (Å²) in [5.41, 5.74) is 1.17. The molecule has 0 aliphatic heterocycles. The van der Waals surface area contributed by atoms with Gasteiger partial charge in [0.15, 0.2) is 0 Å². The van der Waals surface area contributed by atoms with Gasteiger partial charge in [0.25, 0.3) is 0 Å². The lowest BCUT2D eigenvalue weighted by molar-refractivity contribution is 0.268. The Morgan fingerprint density at radius 3 is 2.75 bits per heavy atom. The molecule has 1 aliphatic rings. The van der Waals surface area contributed by atoms with Gasteiger partial charge in [-0.3, -0.25) is 4.90 Å². The van der Waals surface area contributed by atoms with E-state index in [4.69, 9.17) is 0 Å². The summed E-state index contributed by atoms with van der Waals surface area (Å²) in [5, 5.41) is 0. The van der Waals surface area contributed by atoms with Crippen molar-refractivity contribution in [2.24, 2.45) is 5.92 Å². The van der Waals surface area contributed by atoms with Gasteiger partial charge >= 0.3 is 0 Å². The second-order valence-corrected chi connectivity index (χ2v) is 5.36. The van der Waals surface area contributed by atoms with Crippen molar-refractivity contribution < 1.29 is 4.39 Å². The predicted octanol–water partition coefficient (Wildman–Crippen LogP) is 3.82. The molecule has 0 spiro atoms. The monoisotopic (exact) mass is 285 g/mol. The normalized spacial score (nSPS) is 15.8. The van der Waals surface area contributed by atoms with Gasteiger partial charge in [-0.25, -0.2) is 4.39 Å². The van der Waals surface area contributed by atoms with E-state index in [1.165, 1.54) is 31.0 Å². The summed E-state index contributed by atoms with van der Waals surface area (Å²) in [5.74, 6) is 0.722. The van der Waals surface area contributed by atoms with Gasteiger partial charge in [0.2, 0.25) is 0 Å². The van der Waals surface area contributed by atoms with Gasteiger partial charge in [-0.05, 0) is 43.0 Å². The molecule has 0 saturated heterocycles. The molecule has 88 valence electrons. The van der Waals surface area contributed by atoms with Crippen LogP contribution in [0.25, 0.3) is 0 Å². The zero-order valence-corrected chi connectivity index (χ0v) is 11.1. The molecule has 1 saturated carbocycles. The van der Waals surface area contributed by atoms with Crippen molar-refractivity contribution in [3.8, 4) is 0 Å². The second-order valence-electron chi connectivity index (χ2n) is 4.51. The standard InChI is InChI=1S/C13H17BrFN/c1-2-16(8-10-3-4-10)9-11-5-6-12(15)7-13(11)14/h5-7,10H,2-4,8-9H2,1H3. The molecule has 0 atom stereocenters. The van der Waals surface area contributed by atoms with Crippen LogP contribution in [0.4, 0.5) is 4.39 Å². The van der Waals surface area contributed by atoms with E-state index in [9.17, 15) is 4.39 Å². The molecule has 3 heteroatoms. The van der Waals surface area contributed by atoms with Crippen LogP contribution in [-0.4, -0.2) is 18.0 Å². The van der Waals surface area contributed by atoms with E-state index in [1.807, 2.05) is 6.07 Å². The molecular weight excluding hydrogens is 269 g/mol. The summed E-state index contributed by atoms with van der Waals surface area (Å²) >= 11 is 3.42. The molecule has 0 aromatic heterocycles. The third-order valence-corrected chi connectivity index (χ3v) is 3.81. The largest absolute Gasteiger partial charge is 0.299 e. The maximum Gasteiger partial charge on any atom is 0.124 e. The second kappa shape index (κ2) is 5.28. The molecule has 0 N–H and O–H groups in total. The first-order valence-corrected chi connectivity index (χ1v) is 6.64. The third-order valence-electron chi connectivity index (χ3n) is 3.07. The SMILES string of the molecule is CCN(Cc1ccc(F)cc1Br)CC1CC1. The Labute approximate surface area is 105 Å². The van der Waals surface area contributed by atoms with Crippen molar-refractivity contribution in [3.05, 3.63) is 34.1 Å².